The average molecular weight is 506 g/mol. The van der Waals surface area contributed by atoms with E-state index in [4.69, 9.17) is 0 Å². The molecule has 2 aromatic carbocycles. The zero-order valence-corrected chi connectivity index (χ0v) is 23.0. The molecule has 1 N–H and O–H groups in total. The van der Waals surface area contributed by atoms with Crippen LogP contribution in [0.3, 0.4) is 0 Å². The van der Waals surface area contributed by atoms with Gasteiger partial charge in [0.2, 0.25) is 5.91 Å². The number of hydrogen-bond acceptors (Lipinski definition) is 5. The van der Waals surface area contributed by atoms with Crippen molar-refractivity contribution in [2.75, 3.05) is 16.8 Å². The molecule has 1 atom stereocenters. The first kappa shape index (κ1) is 26.0. The highest BCUT2D eigenvalue weighted by Crippen LogP contribution is 2.46. The largest absolute Gasteiger partial charge is 0.364 e. The lowest BCUT2D eigenvalue weighted by Gasteiger charge is -2.50. The normalized spacial score (nSPS) is 20.3. The molecule has 7 heteroatoms. The Kier molecular flexibility index (Phi) is 7.06. The highest BCUT2D eigenvalue weighted by molar-refractivity contribution is 8.18. The molecule has 0 bridgehead atoms. The van der Waals surface area contributed by atoms with Crippen molar-refractivity contribution < 1.29 is 14.4 Å². The molecule has 3 amide bonds. The molecule has 0 radical (unpaired) electrons. The monoisotopic (exact) mass is 505 g/mol. The number of thioether (sulfide) groups is 1. The van der Waals surface area contributed by atoms with Crippen molar-refractivity contribution in [2.45, 2.75) is 72.4 Å². The minimum atomic E-state index is -0.431. The predicted octanol–water partition coefficient (Wildman–Crippen LogP) is 6.48. The third-order valence-electron chi connectivity index (χ3n) is 7.06. The molecule has 6 nitrogen and oxygen atoms in total. The third kappa shape index (κ3) is 4.94. The lowest BCUT2D eigenvalue weighted by Crippen LogP contribution is -2.51. The molecule has 2 aromatic rings. The zero-order chi connectivity index (χ0) is 26.4. The number of nitrogens with zero attached hydrogens (tertiary/aromatic N) is 2. The lowest BCUT2D eigenvalue weighted by molar-refractivity contribution is -0.127. The second-order valence-electron chi connectivity index (χ2n) is 10.8. The topological polar surface area (TPSA) is 69.7 Å². The summed E-state index contributed by atoms with van der Waals surface area (Å²) >= 11 is 0.888. The summed E-state index contributed by atoms with van der Waals surface area (Å²) in [5, 5.41) is 2.36. The van der Waals surface area contributed by atoms with E-state index in [9.17, 15) is 14.4 Å². The van der Waals surface area contributed by atoms with Gasteiger partial charge in [-0.1, -0.05) is 25.1 Å². The summed E-state index contributed by atoms with van der Waals surface area (Å²) in [6.07, 6.45) is 2.83. The Hall–Kier alpha value is -3.06. The van der Waals surface area contributed by atoms with Gasteiger partial charge in [0, 0.05) is 23.0 Å². The van der Waals surface area contributed by atoms with E-state index >= 15 is 0 Å². The second kappa shape index (κ2) is 9.77. The maximum atomic E-state index is 13.1. The minimum absolute atomic E-state index is 0.0516. The molecule has 0 unspecified atom stereocenters. The van der Waals surface area contributed by atoms with Gasteiger partial charge in [-0.25, -0.2) is 0 Å². The van der Waals surface area contributed by atoms with E-state index in [-0.39, 0.29) is 12.1 Å². The van der Waals surface area contributed by atoms with E-state index in [0.717, 1.165) is 39.8 Å². The molecule has 1 fully saturated rings. The van der Waals surface area contributed by atoms with Crippen LogP contribution in [0.1, 0.15) is 69.2 Å². The number of hydrogen-bond donors (Lipinski definition) is 1. The number of para-hydroxylation sites is 1. The fraction of sp³-hybridized carbons (Fsp3) is 0.414. The standard InChI is InChI=1S/C29H35N3O3S/c1-17(2)32-24-12-19(4)21(13-22(24)20(5)15-29(32,6)7)14-25-27(34)31(28(35)36-25)16-26(33)30-23-11-9-8-10-18(23)3/h8-14,17,20H,15-16H2,1-7H3,(H,30,33)/b25-14-/t20-/m1/s1. The van der Waals surface area contributed by atoms with Crippen molar-refractivity contribution in [1.82, 2.24) is 4.90 Å². The number of anilines is 2. The Balaban J connectivity index is 1.58. The van der Waals surface area contributed by atoms with Crippen LogP contribution in [0.15, 0.2) is 41.3 Å². The first-order valence-corrected chi connectivity index (χ1v) is 13.3. The number of imide groups is 1. The Morgan fingerprint density at radius 1 is 1.17 bits per heavy atom. The van der Waals surface area contributed by atoms with Crippen LogP contribution in [0.4, 0.5) is 16.2 Å². The molecule has 0 aliphatic carbocycles. The predicted molar refractivity (Wildman–Crippen MR) is 148 cm³/mol. The Labute approximate surface area is 218 Å². The Morgan fingerprint density at radius 3 is 2.53 bits per heavy atom. The van der Waals surface area contributed by atoms with Crippen LogP contribution in [0, 0.1) is 13.8 Å². The van der Waals surface area contributed by atoms with Crippen LogP contribution in [0.25, 0.3) is 6.08 Å². The minimum Gasteiger partial charge on any atom is -0.364 e. The molecule has 0 spiro atoms. The van der Waals surface area contributed by atoms with Crippen LogP contribution in [-0.2, 0) is 9.59 Å². The summed E-state index contributed by atoms with van der Waals surface area (Å²) in [6, 6.07) is 12.1. The summed E-state index contributed by atoms with van der Waals surface area (Å²) in [6.45, 7) is 14.9. The summed E-state index contributed by atoms with van der Waals surface area (Å²) in [4.78, 5) is 42.2. The first-order valence-electron chi connectivity index (χ1n) is 12.4. The van der Waals surface area contributed by atoms with E-state index in [0.29, 0.717) is 22.6 Å². The van der Waals surface area contributed by atoms with Crippen molar-refractivity contribution in [2.24, 2.45) is 0 Å². The summed E-state index contributed by atoms with van der Waals surface area (Å²) in [7, 11) is 0. The van der Waals surface area contributed by atoms with Gasteiger partial charge in [-0.3, -0.25) is 19.3 Å². The van der Waals surface area contributed by atoms with E-state index in [2.05, 4.69) is 57.0 Å². The quantitative estimate of drug-likeness (QED) is 0.471. The van der Waals surface area contributed by atoms with Gasteiger partial charge in [-0.15, -0.1) is 0 Å². The van der Waals surface area contributed by atoms with Crippen molar-refractivity contribution >= 4 is 46.3 Å². The molecular formula is C29H35N3O3S. The van der Waals surface area contributed by atoms with Gasteiger partial charge in [0.05, 0.1) is 4.91 Å². The van der Waals surface area contributed by atoms with Crippen LogP contribution in [0.2, 0.25) is 0 Å². The van der Waals surface area contributed by atoms with Gasteiger partial charge in [-0.2, -0.15) is 0 Å². The third-order valence-corrected chi connectivity index (χ3v) is 7.97. The number of aryl methyl sites for hydroxylation is 2. The Morgan fingerprint density at radius 2 is 1.86 bits per heavy atom. The van der Waals surface area contributed by atoms with Gasteiger partial charge in [0.1, 0.15) is 6.54 Å². The fourth-order valence-electron chi connectivity index (χ4n) is 5.57. The van der Waals surface area contributed by atoms with Crippen molar-refractivity contribution in [3.8, 4) is 0 Å². The van der Waals surface area contributed by atoms with E-state index in [1.54, 1.807) is 12.1 Å². The van der Waals surface area contributed by atoms with Crippen LogP contribution >= 0.6 is 11.8 Å². The molecule has 4 rings (SSSR count). The van der Waals surface area contributed by atoms with E-state index in [1.165, 1.54) is 11.3 Å². The molecule has 1 saturated heterocycles. The van der Waals surface area contributed by atoms with E-state index < -0.39 is 17.1 Å². The number of benzene rings is 2. The zero-order valence-electron chi connectivity index (χ0n) is 22.1. The van der Waals surface area contributed by atoms with Crippen molar-refractivity contribution in [3.63, 3.8) is 0 Å². The number of carbonyl (C=O) groups is 3. The number of carbonyl (C=O) groups excluding carboxylic acids is 3. The molecule has 0 aromatic heterocycles. The van der Waals surface area contributed by atoms with Crippen molar-refractivity contribution in [3.05, 3.63) is 63.6 Å². The van der Waals surface area contributed by atoms with Crippen LogP contribution in [-0.4, -0.2) is 40.1 Å². The smallest absolute Gasteiger partial charge is 0.294 e. The summed E-state index contributed by atoms with van der Waals surface area (Å²) < 4.78 is 0. The molecule has 2 aliphatic rings. The number of amides is 3. The molecule has 0 saturated carbocycles. The first-order chi connectivity index (χ1) is 16.9. The molecule has 2 aliphatic heterocycles. The SMILES string of the molecule is Cc1cc2c(cc1/C=C1\SC(=O)N(CC(=O)Nc3ccccc3C)C1=O)[C@H](C)CC(C)(C)N2C(C)C. The fourth-order valence-corrected chi connectivity index (χ4v) is 6.40. The van der Waals surface area contributed by atoms with Crippen LogP contribution < -0.4 is 10.2 Å². The molecular weight excluding hydrogens is 470 g/mol. The van der Waals surface area contributed by atoms with Crippen molar-refractivity contribution in [1.29, 1.82) is 0 Å². The highest BCUT2D eigenvalue weighted by atomic mass is 32.2. The number of fused-ring (bicyclic) bond motifs is 1. The molecule has 36 heavy (non-hydrogen) atoms. The van der Waals surface area contributed by atoms with Gasteiger partial charge >= 0.3 is 0 Å². The Bertz CT molecular complexity index is 1260. The van der Waals surface area contributed by atoms with Gasteiger partial charge in [0.25, 0.3) is 11.1 Å². The van der Waals surface area contributed by atoms with Crippen LogP contribution in [0.5, 0.6) is 0 Å². The maximum Gasteiger partial charge on any atom is 0.294 e. The highest BCUT2D eigenvalue weighted by Gasteiger charge is 2.39. The van der Waals surface area contributed by atoms with Gasteiger partial charge in [0.15, 0.2) is 0 Å². The molecule has 2 heterocycles. The van der Waals surface area contributed by atoms with E-state index in [1.807, 2.05) is 32.0 Å². The lowest BCUT2D eigenvalue weighted by atomic mass is 9.78. The summed E-state index contributed by atoms with van der Waals surface area (Å²) in [5.74, 6) is -0.457. The molecule has 190 valence electrons. The average Bonchev–Trinajstić information content (AvgIpc) is 3.03. The van der Waals surface area contributed by atoms with Gasteiger partial charge in [-0.05, 0) is 112 Å². The number of nitrogens with one attached hydrogen (secondary N) is 1. The number of rotatable bonds is 5. The summed E-state index contributed by atoms with van der Waals surface area (Å²) in [5.41, 5.74) is 6.11. The second-order valence-corrected chi connectivity index (χ2v) is 11.8. The maximum absolute atomic E-state index is 13.1. The van der Waals surface area contributed by atoms with Gasteiger partial charge < -0.3 is 10.2 Å².